The second-order valence-electron chi connectivity index (χ2n) is 2.37. The van der Waals surface area contributed by atoms with Crippen molar-refractivity contribution in [3.8, 4) is 0 Å². The number of esters is 1. The van der Waals surface area contributed by atoms with E-state index in [0.717, 1.165) is 6.92 Å². The molecule has 6 heteroatoms. The maximum absolute atomic E-state index is 11.6. The molecule has 0 aromatic carbocycles. The van der Waals surface area contributed by atoms with E-state index in [1.54, 1.807) is 0 Å². The number of carbonyl (C=O) groups is 2. The van der Waals surface area contributed by atoms with Crippen LogP contribution in [0.5, 0.6) is 0 Å². The molecule has 0 saturated carbocycles. The summed E-state index contributed by atoms with van der Waals surface area (Å²) in [5.41, 5.74) is 0. The molecule has 13 heavy (non-hydrogen) atoms. The van der Waals surface area contributed by atoms with Crippen LogP contribution in [0.3, 0.4) is 0 Å². The maximum Gasteiger partial charge on any atom is 0.490 e. The molecule has 0 amide bonds. The zero-order chi connectivity index (χ0) is 10.6. The number of halogens is 3. The Bertz CT molecular complexity index is 210. The molecule has 0 spiro atoms. The molecule has 1 atom stereocenters. The fourth-order valence-electron chi connectivity index (χ4n) is 0.581. The third-order valence-electron chi connectivity index (χ3n) is 1.32. The fraction of sp³-hybridized carbons (Fsp3) is 0.714. The third-order valence-corrected chi connectivity index (χ3v) is 1.32. The van der Waals surface area contributed by atoms with Crippen LogP contribution in [0.15, 0.2) is 0 Å². The first kappa shape index (κ1) is 11.9. The first-order valence-corrected chi connectivity index (χ1v) is 3.59. The Balaban J connectivity index is 4.15. The molecule has 0 aliphatic rings. The van der Waals surface area contributed by atoms with Crippen LogP contribution in [0, 0.1) is 0 Å². The first-order valence-electron chi connectivity index (χ1n) is 3.59. The van der Waals surface area contributed by atoms with E-state index in [1.807, 2.05) is 0 Å². The monoisotopic (exact) mass is 198 g/mol. The van der Waals surface area contributed by atoms with Gasteiger partial charge in [0.05, 0.1) is 0 Å². The lowest BCUT2D eigenvalue weighted by molar-refractivity contribution is -0.204. The highest BCUT2D eigenvalue weighted by atomic mass is 19.4. The minimum atomic E-state index is -5.04. The van der Waals surface area contributed by atoms with Gasteiger partial charge in [0.1, 0.15) is 0 Å². The van der Waals surface area contributed by atoms with Gasteiger partial charge in [0.25, 0.3) is 0 Å². The van der Waals surface area contributed by atoms with Crippen molar-refractivity contribution in [2.45, 2.75) is 32.5 Å². The third kappa shape index (κ3) is 3.91. The van der Waals surface area contributed by atoms with E-state index < -0.39 is 24.0 Å². The molecule has 0 radical (unpaired) electrons. The van der Waals surface area contributed by atoms with Gasteiger partial charge in [-0.1, -0.05) is 6.92 Å². The van der Waals surface area contributed by atoms with Crippen LogP contribution in [0.2, 0.25) is 0 Å². The molecule has 0 bridgehead atoms. The number of hydrogen-bond donors (Lipinski definition) is 0. The van der Waals surface area contributed by atoms with E-state index in [2.05, 4.69) is 4.74 Å². The van der Waals surface area contributed by atoms with E-state index in [1.165, 1.54) is 6.92 Å². The Kier molecular flexibility index (Phi) is 3.90. The zero-order valence-corrected chi connectivity index (χ0v) is 7.14. The number of rotatable bonds is 3. The standard InChI is InChI=1S/C7H9F3O3/c1-3-5(11)4(2)13-6(12)7(8,9)10/h4H,3H2,1-2H3. The predicted molar refractivity (Wildman–Crippen MR) is 36.9 cm³/mol. The number of ether oxygens (including phenoxy) is 1. The van der Waals surface area contributed by atoms with Gasteiger partial charge >= 0.3 is 12.1 Å². The summed E-state index contributed by atoms with van der Waals surface area (Å²) < 4.78 is 38.6. The summed E-state index contributed by atoms with van der Waals surface area (Å²) in [6.07, 6.45) is -6.34. The fourth-order valence-corrected chi connectivity index (χ4v) is 0.581. The number of Topliss-reactive ketones (excluding diaryl/α,β-unsaturated/α-hetero) is 1. The van der Waals surface area contributed by atoms with E-state index in [4.69, 9.17) is 0 Å². The molecule has 0 aliphatic carbocycles. The van der Waals surface area contributed by atoms with Crippen molar-refractivity contribution in [1.29, 1.82) is 0 Å². The maximum atomic E-state index is 11.6. The van der Waals surface area contributed by atoms with Crippen molar-refractivity contribution in [3.63, 3.8) is 0 Å². The number of ketones is 1. The van der Waals surface area contributed by atoms with Crippen LogP contribution in [0.1, 0.15) is 20.3 Å². The van der Waals surface area contributed by atoms with E-state index in [9.17, 15) is 22.8 Å². The largest absolute Gasteiger partial charge is 0.490 e. The Morgan fingerprint density at radius 2 is 1.85 bits per heavy atom. The van der Waals surface area contributed by atoms with Crippen molar-refractivity contribution in [3.05, 3.63) is 0 Å². The molecule has 0 aromatic heterocycles. The van der Waals surface area contributed by atoms with Gasteiger partial charge in [0.2, 0.25) is 0 Å². The molecule has 3 nitrogen and oxygen atoms in total. The Labute approximate surface area is 72.9 Å². The van der Waals surface area contributed by atoms with Crippen LogP contribution in [-0.4, -0.2) is 24.0 Å². The van der Waals surface area contributed by atoms with Crippen molar-refractivity contribution in [1.82, 2.24) is 0 Å². The predicted octanol–water partition coefficient (Wildman–Crippen LogP) is 1.46. The van der Waals surface area contributed by atoms with Gasteiger partial charge in [-0.15, -0.1) is 0 Å². The SMILES string of the molecule is CCC(=O)C(C)OC(=O)C(F)(F)F. The highest BCUT2D eigenvalue weighted by Crippen LogP contribution is 2.17. The molecule has 1 unspecified atom stereocenters. The van der Waals surface area contributed by atoms with Gasteiger partial charge < -0.3 is 4.74 Å². The summed E-state index contributed by atoms with van der Waals surface area (Å²) in [5.74, 6) is -2.88. The van der Waals surface area contributed by atoms with Gasteiger partial charge in [-0.2, -0.15) is 13.2 Å². The molecule has 0 saturated heterocycles. The molecule has 76 valence electrons. The molecular formula is C7H9F3O3. The van der Waals surface area contributed by atoms with E-state index in [0.29, 0.717) is 0 Å². The Morgan fingerprint density at radius 1 is 1.38 bits per heavy atom. The van der Waals surface area contributed by atoms with E-state index >= 15 is 0 Å². The molecule has 0 rings (SSSR count). The minimum Gasteiger partial charge on any atom is -0.448 e. The lowest BCUT2D eigenvalue weighted by Crippen LogP contribution is -2.32. The Morgan fingerprint density at radius 3 is 2.15 bits per heavy atom. The van der Waals surface area contributed by atoms with Crippen LogP contribution in [-0.2, 0) is 14.3 Å². The molecule has 0 aliphatic heterocycles. The summed E-state index contributed by atoms with van der Waals surface area (Å²) in [6.45, 7) is 2.58. The van der Waals surface area contributed by atoms with Crippen molar-refractivity contribution in [2.24, 2.45) is 0 Å². The summed E-state index contributed by atoms with van der Waals surface area (Å²) in [5, 5.41) is 0. The number of hydrogen-bond acceptors (Lipinski definition) is 3. The lowest BCUT2D eigenvalue weighted by atomic mass is 10.2. The molecule has 0 fully saturated rings. The molecule has 0 aromatic rings. The topological polar surface area (TPSA) is 43.4 Å². The van der Waals surface area contributed by atoms with Crippen LogP contribution in [0.25, 0.3) is 0 Å². The zero-order valence-electron chi connectivity index (χ0n) is 7.14. The molecule has 0 heterocycles. The van der Waals surface area contributed by atoms with Gasteiger partial charge in [0.15, 0.2) is 11.9 Å². The summed E-state index contributed by atoms with van der Waals surface area (Å²) in [6, 6.07) is 0. The first-order chi connectivity index (χ1) is 5.79. The highest BCUT2D eigenvalue weighted by molar-refractivity contribution is 5.86. The molecule has 0 N–H and O–H groups in total. The average Bonchev–Trinajstić information content (AvgIpc) is 2.01. The minimum absolute atomic E-state index is 0.0340. The van der Waals surface area contributed by atoms with E-state index in [-0.39, 0.29) is 6.42 Å². The number of carbonyl (C=O) groups excluding carboxylic acids is 2. The van der Waals surface area contributed by atoms with Crippen molar-refractivity contribution >= 4 is 11.8 Å². The second kappa shape index (κ2) is 4.25. The molecular weight excluding hydrogens is 189 g/mol. The highest BCUT2D eigenvalue weighted by Gasteiger charge is 2.42. The quantitative estimate of drug-likeness (QED) is 0.645. The van der Waals surface area contributed by atoms with Gasteiger partial charge in [0, 0.05) is 6.42 Å². The lowest BCUT2D eigenvalue weighted by Gasteiger charge is -2.12. The van der Waals surface area contributed by atoms with Gasteiger partial charge in [-0.3, -0.25) is 4.79 Å². The normalized spacial score (nSPS) is 13.6. The van der Waals surface area contributed by atoms with Gasteiger partial charge in [-0.05, 0) is 6.92 Å². The number of alkyl halides is 3. The van der Waals surface area contributed by atoms with Gasteiger partial charge in [-0.25, -0.2) is 4.79 Å². The second-order valence-corrected chi connectivity index (χ2v) is 2.37. The van der Waals surface area contributed by atoms with Crippen molar-refractivity contribution in [2.75, 3.05) is 0 Å². The summed E-state index contributed by atoms with van der Waals surface area (Å²) in [7, 11) is 0. The smallest absolute Gasteiger partial charge is 0.448 e. The Hall–Kier alpha value is -1.07. The van der Waals surface area contributed by atoms with Crippen LogP contribution in [0.4, 0.5) is 13.2 Å². The van der Waals surface area contributed by atoms with Crippen molar-refractivity contribution < 1.29 is 27.5 Å². The van der Waals surface area contributed by atoms with Crippen LogP contribution >= 0.6 is 0 Å². The summed E-state index contributed by atoms with van der Waals surface area (Å²) in [4.78, 5) is 20.9. The summed E-state index contributed by atoms with van der Waals surface area (Å²) >= 11 is 0. The average molecular weight is 198 g/mol. The van der Waals surface area contributed by atoms with Crippen LogP contribution < -0.4 is 0 Å².